The van der Waals surface area contributed by atoms with Gasteiger partial charge in [-0.3, -0.25) is 9.59 Å². The number of nitrogens with zero attached hydrogens (tertiary/aromatic N) is 1. The van der Waals surface area contributed by atoms with E-state index in [0.29, 0.717) is 13.1 Å². The predicted octanol–water partition coefficient (Wildman–Crippen LogP) is 2.46. The van der Waals surface area contributed by atoms with Gasteiger partial charge in [0.25, 0.3) is 0 Å². The van der Waals surface area contributed by atoms with Gasteiger partial charge in [0.15, 0.2) is 0 Å². The normalized spacial score (nSPS) is 18.9. The maximum atomic E-state index is 12.1. The monoisotopic (exact) mass is 273 g/mol. The van der Waals surface area contributed by atoms with E-state index in [-0.39, 0.29) is 18.2 Å². The molecule has 0 bridgehead atoms. The van der Waals surface area contributed by atoms with Gasteiger partial charge in [-0.25, -0.2) is 0 Å². The summed E-state index contributed by atoms with van der Waals surface area (Å²) in [7, 11) is 0. The van der Waals surface area contributed by atoms with Crippen LogP contribution in [0.4, 0.5) is 0 Å². The summed E-state index contributed by atoms with van der Waals surface area (Å²) in [5.74, 6) is -0.818. The van der Waals surface area contributed by atoms with Crippen molar-refractivity contribution in [3.05, 3.63) is 47.5 Å². The molecule has 1 N–H and O–H groups in total. The van der Waals surface area contributed by atoms with Gasteiger partial charge in [-0.1, -0.05) is 37.3 Å². The van der Waals surface area contributed by atoms with Gasteiger partial charge in [0.2, 0.25) is 5.91 Å². The molecule has 1 atom stereocenters. The van der Waals surface area contributed by atoms with Crippen molar-refractivity contribution in [1.29, 1.82) is 0 Å². The third-order valence-electron chi connectivity index (χ3n) is 3.65. The van der Waals surface area contributed by atoms with Gasteiger partial charge in [-0.05, 0) is 23.5 Å². The van der Waals surface area contributed by atoms with Crippen LogP contribution in [0.15, 0.2) is 42.0 Å². The molecule has 0 fully saturated rings. The zero-order valence-electron chi connectivity index (χ0n) is 11.6. The lowest BCUT2D eigenvalue weighted by Gasteiger charge is -2.32. The molecule has 20 heavy (non-hydrogen) atoms. The van der Waals surface area contributed by atoms with Crippen LogP contribution in [0.2, 0.25) is 0 Å². The van der Waals surface area contributed by atoms with Crippen LogP contribution in [0.25, 0.3) is 0 Å². The van der Waals surface area contributed by atoms with Crippen LogP contribution in [0.3, 0.4) is 0 Å². The maximum Gasteiger partial charge on any atom is 0.307 e. The molecular formula is C16H19NO3. The van der Waals surface area contributed by atoms with Crippen LogP contribution in [0.1, 0.15) is 25.3 Å². The summed E-state index contributed by atoms with van der Waals surface area (Å²) in [4.78, 5) is 24.7. The second-order valence-corrected chi connectivity index (χ2v) is 5.10. The number of carboxylic acid groups (broad SMARTS) is 1. The number of aliphatic carboxylic acids is 1. The largest absolute Gasteiger partial charge is 0.481 e. The van der Waals surface area contributed by atoms with E-state index >= 15 is 0 Å². The summed E-state index contributed by atoms with van der Waals surface area (Å²) in [6.45, 7) is 3.20. The Morgan fingerprint density at radius 2 is 2.05 bits per heavy atom. The number of rotatable bonds is 5. The molecule has 1 aliphatic heterocycles. The SMILES string of the molecule is CCC1CN(Cc2ccccc2)C(=O)C=C1CC(=O)O. The lowest BCUT2D eigenvalue weighted by molar-refractivity contribution is -0.136. The van der Waals surface area contributed by atoms with Crippen molar-refractivity contribution in [2.45, 2.75) is 26.3 Å². The number of hydrogen-bond acceptors (Lipinski definition) is 2. The van der Waals surface area contributed by atoms with Crippen LogP contribution in [-0.2, 0) is 16.1 Å². The molecule has 0 aliphatic carbocycles. The summed E-state index contributed by atoms with van der Waals surface area (Å²) in [6.07, 6.45) is 2.32. The van der Waals surface area contributed by atoms with Crippen molar-refractivity contribution in [3.8, 4) is 0 Å². The topological polar surface area (TPSA) is 57.6 Å². The van der Waals surface area contributed by atoms with E-state index in [1.807, 2.05) is 37.3 Å². The summed E-state index contributed by atoms with van der Waals surface area (Å²) in [6, 6.07) is 9.83. The maximum absolute atomic E-state index is 12.1. The van der Waals surface area contributed by atoms with Gasteiger partial charge < -0.3 is 10.0 Å². The Morgan fingerprint density at radius 3 is 2.65 bits per heavy atom. The minimum atomic E-state index is -0.876. The molecule has 0 spiro atoms. The highest BCUT2D eigenvalue weighted by atomic mass is 16.4. The predicted molar refractivity (Wildman–Crippen MR) is 76.0 cm³/mol. The highest BCUT2D eigenvalue weighted by Gasteiger charge is 2.27. The summed E-state index contributed by atoms with van der Waals surface area (Å²) < 4.78 is 0. The van der Waals surface area contributed by atoms with Crippen molar-refractivity contribution in [3.63, 3.8) is 0 Å². The Kier molecular flexibility index (Phi) is 4.56. The van der Waals surface area contributed by atoms with Crippen LogP contribution in [0.5, 0.6) is 0 Å². The molecular weight excluding hydrogens is 254 g/mol. The Morgan fingerprint density at radius 1 is 1.35 bits per heavy atom. The van der Waals surface area contributed by atoms with Crippen LogP contribution >= 0.6 is 0 Å². The molecule has 1 aromatic rings. The van der Waals surface area contributed by atoms with Gasteiger partial charge in [0.1, 0.15) is 0 Å². The Labute approximate surface area is 118 Å². The fourth-order valence-electron chi connectivity index (χ4n) is 2.55. The molecule has 0 radical (unpaired) electrons. The average Bonchev–Trinajstić information content (AvgIpc) is 2.42. The van der Waals surface area contributed by atoms with Gasteiger partial charge in [0.05, 0.1) is 6.42 Å². The van der Waals surface area contributed by atoms with Crippen LogP contribution in [-0.4, -0.2) is 28.4 Å². The van der Waals surface area contributed by atoms with E-state index in [9.17, 15) is 9.59 Å². The van der Waals surface area contributed by atoms with Gasteiger partial charge in [-0.15, -0.1) is 0 Å². The first-order valence-electron chi connectivity index (χ1n) is 6.85. The molecule has 4 nitrogen and oxygen atoms in total. The summed E-state index contributed by atoms with van der Waals surface area (Å²) in [5.41, 5.74) is 1.83. The number of amides is 1. The Hall–Kier alpha value is -2.10. The third-order valence-corrected chi connectivity index (χ3v) is 3.65. The van der Waals surface area contributed by atoms with E-state index in [1.165, 1.54) is 6.08 Å². The van der Waals surface area contributed by atoms with Gasteiger partial charge >= 0.3 is 5.97 Å². The minimum Gasteiger partial charge on any atom is -0.481 e. The van der Waals surface area contributed by atoms with Crippen molar-refractivity contribution in [2.75, 3.05) is 6.54 Å². The van der Waals surface area contributed by atoms with E-state index in [4.69, 9.17) is 5.11 Å². The highest BCUT2D eigenvalue weighted by Crippen LogP contribution is 2.25. The molecule has 1 amide bonds. The molecule has 0 aromatic heterocycles. The standard InChI is InChI=1S/C16H19NO3/c1-2-13-11-17(10-12-6-4-3-5-7-12)15(18)8-14(13)9-16(19)20/h3-8,13H,2,9-11H2,1H3,(H,19,20). The molecule has 1 unspecified atom stereocenters. The average molecular weight is 273 g/mol. The zero-order valence-corrected chi connectivity index (χ0v) is 11.6. The summed E-state index contributed by atoms with van der Waals surface area (Å²) >= 11 is 0. The smallest absolute Gasteiger partial charge is 0.307 e. The van der Waals surface area contributed by atoms with Crippen LogP contribution in [0, 0.1) is 5.92 Å². The van der Waals surface area contributed by atoms with Gasteiger partial charge in [0, 0.05) is 19.2 Å². The highest BCUT2D eigenvalue weighted by molar-refractivity contribution is 5.90. The second kappa shape index (κ2) is 6.37. The molecule has 0 saturated carbocycles. The minimum absolute atomic E-state index is 0.0383. The summed E-state index contributed by atoms with van der Waals surface area (Å²) in [5, 5.41) is 8.90. The quantitative estimate of drug-likeness (QED) is 0.896. The van der Waals surface area contributed by atoms with E-state index in [0.717, 1.165) is 17.6 Å². The number of carboxylic acids is 1. The van der Waals surface area contributed by atoms with Crippen molar-refractivity contribution < 1.29 is 14.7 Å². The second-order valence-electron chi connectivity index (χ2n) is 5.10. The van der Waals surface area contributed by atoms with E-state index in [1.54, 1.807) is 4.90 Å². The fraction of sp³-hybridized carbons (Fsp3) is 0.375. The number of carbonyl (C=O) groups excluding carboxylic acids is 1. The first-order chi connectivity index (χ1) is 9.60. The lowest BCUT2D eigenvalue weighted by Crippen LogP contribution is -2.38. The van der Waals surface area contributed by atoms with Crippen molar-refractivity contribution in [2.24, 2.45) is 5.92 Å². The molecule has 1 aromatic carbocycles. The molecule has 1 aliphatic rings. The van der Waals surface area contributed by atoms with Crippen molar-refractivity contribution in [1.82, 2.24) is 4.90 Å². The molecule has 106 valence electrons. The van der Waals surface area contributed by atoms with Crippen LogP contribution < -0.4 is 0 Å². The van der Waals surface area contributed by atoms with E-state index < -0.39 is 5.97 Å². The zero-order chi connectivity index (χ0) is 14.5. The number of benzene rings is 1. The first kappa shape index (κ1) is 14.3. The Bertz CT molecular complexity index is 522. The van der Waals surface area contributed by atoms with Crippen molar-refractivity contribution >= 4 is 11.9 Å². The lowest BCUT2D eigenvalue weighted by atomic mass is 9.89. The molecule has 4 heteroatoms. The van der Waals surface area contributed by atoms with Gasteiger partial charge in [-0.2, -0.15) is 0 Å². The van der Waals surface area contributed by atoms with E-state index in [2.05, 4.69) is 0 Å². The number of carbonyl (C=O) groups is 2. The number of hydrogen-bond donors (Lipinski definition) is 1. The third kappa shape index (κ3) is 3.47. The fourth-order valence-corrected chi connectivity index (χ4v) is 2.55. The Balaban J connectivity index is 2.12. The molecule has 0 saturated heterocycles. The first-order valence-corrected chi connectivity index (χ1v) is 6.85. The molecule has 1 heterocycles. The molecule has 2 rings (SSSR count).